The number of nitrogens with zero attached hydrogens (tertiary/aromatic N) is 4. The van der Waals surface area contributed by atoms with Gasteiger partial charge in [0.2, 0.25) is 0 Å². The molecule has 1 aliphatic heterocycles. The van der Waals surface area contributed by atoms with Crippen molar-refractivity contribution in [1.29, 1.82) is 0 Å². The highest BCUT2D eigenvalue weighted by Crippen LogP contribution is 2.37. The summed E-state index contributed by atoms with van der Waals surface area (Å²) in [5.41, 5.74) is 0.991. The number of ether oxygens (including phenoxy) is 1. The third-order valence-corrected chi connectivity index (χ3v) is 10.4. The minimum absolute atomic E-state index is 0.0405. The molecule has 0 bridgehead atoms. The lowest BCUT2D eigenvalue weighted by Gasteiger charge is -2.41. The van der Waals surface area contributed by atoms with Gasteiger partial charge in [0, 0.05) is 6.42 Å². The maximum atomic E-state index is 10.4. The zero-order valence-corrected chi connectivity index (χ0v) is 18.0. The van der Waals surface area contributed by atoms with E-state index in [2.05, 4.69) is 48.8 Å². The van der Waals surface area contributed by atoms with Gasteiger partial charge >= 0.3 is 0 Å². The monoisotopic (exact) mass is 414 g/mol. The number of aliphatic hydroxyl groups excluding tert-OH is 2. The molecule has 3 heterocycles. The molecule has 0 spiro atoms. The average molecular weight is 415 g/mol. The van der Waals surface area contributed by atoms with Crippen LogP contribution in [0, 0.1) is 0 Å². The zero-order chi connectivity index (χ0) is 20.0. The highest BCUT2D eigenvalue weighted by atomic mass is 35.5. The van der Waals surface area contributed by atoms with Crippen LogP contribution >= 0.6 is 11.6 Å². The van der Waals surface area contributed by atoms with E-state index < -0.39 is 32.9 Å². The molecule has 3 rings (SSSR count). The summed E-state index contributed by atoms with van der Waals surface area (Å²) in [5.74, 6) is 0. The molecule has 0 saturated carbocycles. The topological polar surface area (TPSA) is 103 Å². The summed E-state index contributed by atoms with van der Waals surface area (Å²) in [6, 6.07) is 0. The van der Waals surface area contributed by atoms with Crippen LogP contribution in [0.1, 0.15) is 33.4 Å². The van der Waals surface area contributed by atoms with E-state index in [9.17, 15) is 10.2 Å². The number of aliphatic hydroxyl groups is 2. The van der Waals surface area contributed by atoms with E-state index in [4.69, 9.17) is 20.8 Å². The Morgan fingerprint density at radius 3 is 2.67 bits per heavy atom. The summed E-state index contributed by atoms with van der Waals surface area (Å²) in [7, 11) is -2.01. The normalized spacial score (nSPS) is 27.3. The van der Waals surface area contributed by atoms with Gasteiger partial charge in [-0.1, -0.05) is 32.4 Å². The number of rotatable bonds is 4. The van der Waals surface area contributed by atoms with E-state index >= 15 is 0 Å². The van der Waals surface area contributed by atoms with Crippen molar-refractivity contribution >= 4 is 31.1 Å². The van der Waals surface area contributed by atoms with Crippen LogP contribution in [-0.2, 0) is 9.16 Å². The lowest BCUT2D eigenvalue weighted by Crippen LogP contribution is -2.51. The van der Waals surface area contributed by atoms with Crippen LogP contribution in [-0.4, -0.2) is 63.0 Å². The molecular formula is C17H27ClN4O4Si. The SMILES string of the molecule is CC(C)(C)[Si](C)(C)OC[C@@H]1O[C@H](n2cnc3c(Cl)ncnc32)C[C@@H](O)[C@H]1O. The molecule has 0 aromatic carbocycles. The van der Waals surface area contributed by atoms with E-state index in [0.29, 0.717) is 11.2 Å². The van der Waals surface area contributed by atoms with Gasteiger partial charge in [-0.15, -0.1) is 0 Å². The molecule has 10 heteroatoms. The van der Waals surface area contributed by atoms with Crippen molar-refractivity contribution in [2.45, 2.75) is 69.9 Å². The second-order valence-corrected chi connectivity index (χ2v) is 13.6. The van der Waals surface area contributed by atoms with E-state index in [1.54, 1.807) is 10.9 Å². The molecule has 27 heavy (non-hydrogen) atoms. The van der Waals surface area contributed by atoms with Gasteiger partial charge in [-0.2, -0.15) is 0 Å². The minimum Gasteiger partial charge on any atom is -0.414 e. The summed E-state index contributed by atoms with van der Waals surface area (Å²) in [6.45, 7) is 10.9. The first-order chi connectivity index (χ1) is 12.5. The van der Waals surface area contributed by atoms with Crippen molar-refractivity contribution in [3.63, 3.8) is 0 Å². The van der Waals surface area contributed by atoms with Crippen LogP contribution in [0.2, 0.25) is 23.3 Å². The predicted octanol–water partition coefficient (Wildman–Crippen LogP) is 2.51. The highest BCUT2D eigenvalue weighted by Gasteiger charge is 2.42. The molecule has 1 aliphatic rings. The Labute approximate surface area is 164 Å². The van der Waals surface area contributed by atoms with Crippen LogP contribution in [0.4, 0.5) is 0 Å². The molecule has 1 fully saturated rings. The molecule has 0 unspecified atom stereocenters. The first kappa shape index (κ1) is 20.6. The van der Waals surface area contributed by atoms with Gasteiger partial charge in [0.1, 0.15) is 30.3 Å². The van der Waals surface area contributed by atoms with Crippen LogP contribution < -0.4 is 0 Å². The maximum absolute atomic E-state index is 10.4. The molecule has 2 N–H and O–H groups in total. The molecule has 1 saturated heterocycles. The lowest BCUT2D eigenvalue weighted by atomic mass is 10.0. The third-order valence-electron chi connectivity index (χ3n) is 5.59. The van der Waals surface area contributed by atoms with Crippen molar-refractivity contribution in [3.05, 3.63) is 17.8 Å². The first-order valence-corrected chi connectivity index (χ1v) is 12.3. The molecule has 0 amide bonds. The van der Waals surface area contributed by atoms with E-state index in [1.807, 2.05) is 0 Å². The Balaban J connectivity index is 1.80. The number of aromatic nitrogens is 4. The lowest BCUT2D eigenvalue weighted by molar-refractivity contribution is -0.198. The van der Waals surface area contributed by atoms with Gasteiger partial charge in [-0.3, -0.25) is 4.57 Å². The summed E-state index contributed by atoms with van der Waals surface area (Å²) in [4.78, 5) is 12.4. The summed E-state index contributed by atoms with van der Waals surface area (Å²) in [5, 5.41) is 21.1. The highest BCUT2D eigenvalue weighted by molar-refractivity contribution is 6.74. The van der Waals surface area contributed by atoms with Crippen LogP contribution in [0.15, 0.2) is 12.7 Å². The van der Waals surface area contributed by atoms with Crippen molar-refractivity contribution in [2.75, 3.05) is 6.61 Å². The fraction of sp³-hybridized carbons (Fsp3) is 0.706. The molecule has 2 aromatic rings. The molecule has 150 valence electrons. The van der Waals surface area contributed by atoms with E-state index in [0.717, 1.165) is 0 Å². The molecule has 4 atom stereocenters. The van der Waals surface area contributed by atoms with Gasteiger partial charge in [-0.05, 0) is 18.1 Å². The number of hydrogen-bond acceptors (Lipinski definition) is 7. The smallest absolute Gasteiger partial charge is 0.192 e. The van der Waals surface area contributed by atoms with Crippen molar-refractivity contribution in [3.8, 4) is 0 Å². The molecule has 2 aromatic heterocycles. The van der Waals surface area contributed by atoms with Crippen molar-refractivity contribution < 1.29 is 19.4 Å². The van der Waals surface area contributed by atoms with Gasteiger partial charge < -0.3 is 19.4 Å². The average Bonchev–Trinajstić information content (AvgIpc) is 3.00. The van der Waals surface area contributed by atoms with Gasteiger partial charge in [0.25, 0.3) is 0 Å². The number of fused-ring (bicyclic) bond motifs is 1. The summed E-state index contributed by atoms with van der Waals surface area (Å²) >= 11 is 6.06. The largest absolute Gasteiger partial charge is 0.414 e. The van der Waals surface area contributed by atoms with Crippen LogP contribution in [0.3, 0.4) is 0 Å². The van der Waals surface area contributed by atoms with Crippen LogP contribution in [0.5, 0.6) is 0 Å². The van der Waals surface area contributed by atoms with Gasteiger partial charge in [0.15, 0.2) is 19.1 Å². The Bertz CT molecular complexity index is 810. The second-order valence-electron chi connectivity index (χ2n) is 8.48. The number of imidazole rings is 1. The fourth-order valence-corrected chi connectivity index (χ4v) is 3.98. The first-order valence-electron chi connectivity index (χ1n) is 9.00. The molecule has 0 radical (unpaired) electrons. The number of hydrogen-bond donors (Lipinski definition) is 2. The zero-order valence-electron chi connectivity index (χ0n) is 16.3. The van der Waals surface area contributed by atoms with Crippen molar-refractivity contribution in [1.82, 2.24) is 19.5 Å². The van der Waals surface area contributed by atoms with Crippen LogP contribution in [0.25, 0.3) is 11.2 Å². The standard InChI is InChI=1S/C17H27ClN4O4Si/c1-17(2,3)27(4,5)25-7-11-14(24)10(23)6-12(26-11)22-9-21-13-15(18)19-8-20-16(13)22/h8-12,14,23-24H,6-7H2,1-5H3/t10-,11+,12+,14-/m1/s1. The van der Waals surface area contributed by atoms with Crippen molar-refractivity contribution in [2.24, 2.45) is 0 Å². The maximum Gasteiger partial charge on any atom is 0.192 e. The third kappa shape index (κ3) is 4.03. The summed E-state index contributed by atoms with van der Waals surface area (Å²) < 4.78 is 14.0. The Hall–Kier alpha value is -1.10. The molecule has 0 aliphatic carbocycles. The quantitative estimate of drug-likeness (QED) is 0.585. The predicted molar refractivity (Wildman–Crippen MR) is 104 cm³/mol. The molecule has 8 nitrogen and oxygen atoms in total. The molecular weight excluding hydrogens is 388 g/mol. The van der Waals surface area contributed by atoms with Gasteiger partial charge in [0.05, 0.1) is 19.0 Å². The Morgan fingerprint density at radius 2 is 2.00 bits per heavy atom. The second kappa shape index (κ2) is 7.38. The van der Waals surface area contributed by atoms with E-state index in [-0.39, 0.29) is 23.2 Å². The summed E-state index contributed by atoms with van der Waals surface area (Å²) in [6.07, 6.45) is -0.00751. The van der Waals surface area contributed by atoms with Gasteiger partial charge in [-0.25, -0.2) is 15.0 Å². The Morgan fingerprint density at radius 1 is 1.30 bits per heavy atom. The Kier molecular flexibility index (Phi) is 5.64. The fourth-order valence-electron chi connectivity index (χ4n) is 2.79. The number of halogens is 1. The van der Waals surface area contributed by atoms with E-state index in [1.165, 1.54) is 6.33 Å². The minimum atomic E-state index is -2.01.